The van der Waals surface area contributed by atoms with Crippen LogP contribution in [-0.2, 0) is 6.54 Å². The lowest BCUT2D eigenvalue weighted by Gasteiger charge is -2.21. The summed E-state index contributed by atoms with van der Waals surface area (Å²) in [6.45, 7) is 5.97. The molecule has 0 aliphatic carbocycles. The van der Waals surface area contributed by atoms with Crippen LogP contribution in [0.1, 0.15) is 31.1 Å². The molecule has 3 nitrogen and oxygen atoms in total. The van der Waals surface area contributed by atoms with Gasteiger partial charge < -0.3 is 10.2 Å². The van der Waals surface area contributed by atoms with Crippen molar-refractivity contribution in [2.75, 3.05) is 18.5 Å². The monoisotopic (exact) mass is 309 g/mol. The maximum Gasteiger partial charge on any atom is 0.0795 e. The molecule has 1 atom stereocenters. The second kappa shape index (κ2) is 7.07. The molecule has 5 heteroatoms. The van der Waals surface area contributed by atoms with Gasteiger partial charge >= 0.3 is 0 Å². The van der Waals surface area contributed by atoms with Crippen LogP contribution in [0.15, 0.2) is 29.1 Å². The van der Waals surface area contributed by atoms with Crippen molar-refractivity contribution in [2.45, 2.75) is 26.4 Å². The van der Waals surface area contributed by atoms with Gasteiger partial charge in [-0.05, 0) is 31.2 Å². The molecule has 0 fully saturated rings. The van der Waals surface area contributed by atoms with Crippen molar-refractivity contribution in [3.05, 3.63) is 45.4 Å². The first-order valence-corrected chi connectivity index (χ1v) is 8.05. The predicted octanol–water partition coefficient (Wildman–Crippen LogP) is 4.10. The quantitative estimate of drug-likeness (QED) is 0.870. The molecule has 0 saturated carbocycles. The second-order valence-electron chi connectivity index (χ2n) is 4.83. The molecule has 1 unspecified atom stereocenters. The summed E-state index contributed by atoms with van der Waals surface area (Å²) in [5.74, 6) is 0. The first-order valence-electron chi connectivity index (χ1n) is 6.72. The standard InChI is InChI=1S/C15H20ClN3S/c1-4-17-11(2)12-5-6-15(14(16)7-12)19(3)8-13-9-20-10-18-13/h5-7,9-11,17H,4,8H2,1-3H3. The molecule has 20 heavy (non-hydrogen) atoms. The van der Waals surface area contributed by atoms with E-state index in [-0.39, 0.29) is 0 Å². The number of halogens is 1. The molecule has 1 heterocycles. The average Bonchev–Trinajstić information content (AvgIpc) is 2.91. The Hall–Kier alpha value is -1.10. The van der Waals surface area contributed by atoms with E-state index in [0.29, 0.717) is 6.04 Å². The van der Waals surface area contributed by atoms with Gasteiger partial charge in [-0.2, -0.15) is 0 Å². The molecule has 0 radical (unpaired) electrons. The van der Waals surface area contributed by atoms with Gasteiger partial charge in [-0.1, -0.05) is 24.6 Å². The molecular weight excluding hydrogens is 290 g/mol. The summed E-state index contributed by atoms with van der Waals surface area (Å²) in [5.41, 5.74) is 5.17. The van der Waals surface area contributed by atoms with Crippen LogP contribution in [0.5, 0.6) is 0 Å². The van der Waals surface area contributed by atoms with E-state index in [4.69, 9.17) is 11.6 Å². The van der Waals surface area contributed by atoms with Gasteiger partial charge in [-0.25, -0.2) is 4.98 Å². The van der Waals surface area contributed by atoms with Crippen LogP contribution in [0, 0.1) is 0 Å². The zero-order valence-corrected chi connectivity index (χ0v) is 13.6. The summed E-state index contributed by atoms with van der Waals surface area (Å²) in [6.07, 6.45) is 0. The Labute approximate surface area is 129 Å². The van der Waals surface area contributed by atoms with Crippen LogP contribution in [0.4, 0.5) is 5.69 Å². The van der Waals surface area contributed by atoms with Crippen LogP contribution < -0.4 is 10.2 Å². The number of rotatable bonds is 6. The van der Waals surface area contributed by atoms with Gasteiger partial charge in [0.05, 0.1) is 28.5 Å². The Bertz CT molecular complexity index is 542. The van der Waals surface area contributed by atoms with E-state index in [1.165, 1.54) is 5.56 Å². The van der Waals surface area contributed by atoms with Crippen molar-refractivity contribution < 1.29 is 0 Å². The summed E-state index contributed by atoms with van der Waals surface area (Å²) in [4.78, 5) is 6.43. The van der Waals surface area contributed by atoms with Crippen molar-refractivity contribution in [3.63, 3.8) is 0 Å². The smallest absolute Gasteiger partial charge is 0.0795 e. The third kappa shape index (κ3) is 3.72. The van der Waals surface area contributed by atoms with E-state index in [0.717, 1.165) is 29.5 Å². The molecule has 108 valence electrons. The Balaban J connectivity index is 2.12. The number of aromatic nitrogens is 1. The number of anilines is 1. The molecule has 2 aromatic rings. The van der Waals surface area contributed by atoms with Gasteiger partial charge in [-0.3, -0.25) is 0 Å². The molecule has 0 aliphatic heterocycles. The zero-order valence-electron chi connectivity index (χ0n) is 12.1. The van der Waals surface area contributed by atoms with E-state index in [9.17, 15) is 0 Å². The molecule has 0 bridgehead atoms. The summed E-state index contributed by atoms with van der Waals surface area (Å²) in [6, 6.07) is 6.57. The SMILES string of the molecule is CCNC(C)c1ccc(N(C)Cc2cscn2)c(Cl)c1. The lowest BCUT2D eigenvalue weighted by Crippen LogP contribution is -2.19. The van der Waals surface area contributed by atoms with Crippen LogP contribution in [0.25, 0.3) is 0 Å². The first kappa shape index (κ1) is 15.3. The summed E-state index contributed by atoms with van der Waals surface area (Å²) in [5, 5.41) is 6.24. The Kier molecular flexibility index (Phi) is 5.40. The van der Waals surface area contributed by atoms with Gasteiger partial charge in [0.1, 0.15) is 0 Å². The highest BCUT2D eigenvalue weighted by Gasteiger charge is 2.11. The van der Waals surface area contributed by atoms with Gasteiger partial charge in [0.25, 0.3) is 0 Å². The molecule has 1 aromatic carbocycles. The van der Waals surface area contributed by atoms with Crippen LogP contribution in [0.3, 0.4) is 0 Å². The molecule has 0 spiro atoms. The largest absolute Gasteiger partial charge is 0.367 e. The van der Waals surface area contributed by atoms with Crippen LogP contribution in [0.2, 0.25) is 5.02 Å². The summed E-state index contributed by atoms with van der Waals surface area (Å²) < 4.78 is 0. The number of nitrogens with zero attached hydrogens (tertiary/aromatic N) is 2. The molecular formula is C15H20ClN3S. The van der Waals surface area contributed by atoms with E-state index >= 15 is 0 Å². The highest BCUT2D eigenvalue weighted by molar-refractivity contribution is 7.07. The molecule has 0 saturated heterocycles. The molecule has 0 aliphatic rings. The van der Waals surface area contributed by atoms with E-state index in [2.05, 4.69) is 46.6 Å². The summed E-state index contributed by atoms with van der Waals surface area (Å²) >= 11 is 8.04. The van der Waals surface area contributed by atoms with Gasteiger partial charge in [0, 0.05) is 18.5 Å². The lowest BCUT2D eigenvalue weighted by molar-refractivity contribution is 0.598. The van der Waals surface area contributed by atoms with Crippen LogP contribution in [-0.4, -0.2) is 18.6 Å². The summed E-state index contributed by atoms with van der Waals surface area (Å²) in [7, 11) is 2.04. The maximum absolute atomic E-state index is 6.42. The minimum atomic E-state index is 0.315. The van der Waals surface area contributed by atoms with Crippen molar-refractivity contribution in [3.8, 4) is 0 Å². The minimum absolute atomic E-state index is 0.315. The number of thiazole rings is 1. The normalized spacial score (nSPS) is 12.4. The van der Waals surface area contributed by atoms with E-state index < -0.39 is 0 Å². The van der Waals surface area contributed by atoms with E-state index in [1.54, 1.807) is 11.3 Å². The number of hydrogen-bond acceptors (Lipinski definition) is 4. The third-order valence-corrected chi connectivity index (χ3v) is 4.21. The number of hydrogen-bond donors (Lipinski definition) is 1. The fourth-order valence-electron chi connectivity index (χ4n) is 2.17. The Morgan fingerprint density at radius 3 is 2.85 bits per heavy atom. The van der Waals surface area contributed by atoms with Crippen molar-refractivity contribution in [1.29, 1.82) is 0 Å². The van der Waals surface area contributed by atoms with Crippen molar-refractivity contribution >= 4 is 28.6 Å². The fraction of sp³-hybridized carbons (Fsp3) is 0.400. The van der Waals surface area contributed by atoms with Gasteiger partial charge in [0.15, 0.2) is 0 Å². The Morgan fingerprint density at radius 1 is 1.45 bits per heavy atom. The predicted molar refractivity (Wildman–Crippen MR) is 87.8 cm³/mol. The van der Waals surface area contributed by atoms with Crippen molar-refractivity contribution in [2.24, 2.45) is 0 Å². The highest BCUT2D eigenvalue weighted by atomic mass is 35.5. The Morgan fingerprint density at radius 2 is 2.25 bits per heavy atom. The van der Waals surface area contributed by atoms with Gasteiger partial charge in [0.2, 0.25) is 0 Å². The minimum Gasteiger partial charge on any atom is -0.367 e. The molecule has 1 N–H and O–H groups in total. The second-order valence-corrected chi connectivity index (χ2v) is 5.95. The molecule has 0 amide bonds. The van der Waals surface area contributed by atoms with Crippen LogP contribution >= 0.6 is 22.9 Å². The lowest BCUT2D eigenvalue weighted by atomic mass is 10.1. The zero-order chi connectivity index (χ0) is 14.5. The fourth-order valence-corrected chi connectivity index (χ4v) is 3.05. The number of nitrogens with one attached hydrogen (secondary N) is 1. The third-order valence-electron chi connectivity index (χ3n) is 3.28. The van der Waals surface area contributed by atoms with E-state index in [1.807, 2.05) is 18.6 Å². The number of benzene rings is 1. The first-order chi connectivity index (χ1) is 9.61. The molecule has 2 rings (SSSR count). The highest BCUT2D eigenvalue weighted by Crippen LogP contribution is 2.29. The molecule has 1 aromatic heterocycles. The van der Waals surface area contributed by atoms with Gasteiger partial charge in [-0.15, -0.1) is 11.3 Å². The van der Waals surface area contributed by atoms with Crippen molar-refractivity contribution in [1.82, 2.24) is 10.3 Å². The average molecular weight is 310 g/mol. The topological polar surface area (TPSA) is 28.2 Å². The maximum atomic E-state index is 6.42.